The fourth-order valence-corrected chi connectivity index (χ4v) is 3.48. The lowest BCUT2D eigenvalue weighted by Crippen LogP contribution is -2.02. The quantitative estimate of drug-likeness (QED) is 0.288. The second-order valence-corrected chi connectivity index (χ2v) is 8.01. The van der Waals surface area contributed by atoms with Crippen molar-refractivity contribution in [2.45, 2.75) is 20.3 Å². The van der Waals surface area contributed by atoms with Gasteiger partial charge in [0.2, 0.25) is 0 Å². The summed E-state index contributed by atoms with van der Waals surface area (Å²) >= 11 is 1.79. The zero-order chi connectivity index (χ0) is 22.9. The summed E-state index contributed by atoms with van der Waals surface area (Å²) in [5, 5.41) is 13.8. The minimum Gasteiger partial charge on any atom is -0.493 e. The Kier molecular flexibility index (Phi) is 8.23. The van der Waals surface area contributed by atoms with Crippen molar-refractivity contribution in [1.29, 1.82) is 5.26 Å². The summed E-state index contributed by atoms with van der Waals surface area (Å²) in [4.78, 5) is 4.46. The molecule has 0 aliphatic carbocycles. The first-order valence-corrected chi connectivity index (χ1v) is 11.7. The van der Waals surface area contributed by atoms with E-state index in [9.17, 15) is 5.26 Å². The summed E-state index contributed by atoms with van der Waals surface area (Å²) in [5.74, 6) is 3.86. The predicted octanol–water partition coefficient (Wildman–Crippen LogP) is 6.29. The second-order valence-electron chi connectivity index (χ2n) is 7.02. The highest BCUT2D eigenvalue weighted by Crippen LogP contribution is 2.37. The molecular weight excluding hydrogens is 422 g/mol. The Morgan fingerprint density at radius 2 is 2.00 bits per heavy atom. The van der Waals surface area contributed by atoms with E-state index in [2.05, 4.69) is 22.6 Å². The molecule has 1 heterocycles. The highest BCUT2D eigenvalue weighted by molar-refractivity contribution is 7.98. The molecule has 0 aliphatic heterocycles. The fourth-order valence-electron chi connectivity index (χ4n) is 3.07. The van der Waals surface area contributed by atoms with E-state index in [-0.39, 0.29) is 0 Å². The zero-order valence-corrected chi connectivity index (χ0v) is 19.6. The van der Waals surface area contributed by atoms with Crippen molar-refractivity contribution in [2.24, 2.45) is 0 Å². The van der Waals surface area contributed by atoms with Gasteiger partial charge in [-0.2, -0.15) is 17.0 Å². The molecule has 2 aromatic carbocycles. The van der Waals surface area contributed by atoms with Gasteiger partial charge in [0.25, 0.3) is 0 Å². The number of hydrogen-bond acceptors (Lipinski definition) is 7. The lowest BCUT2D eigenvalue weighted by Gasteiger charge is -2.15. The number of hydrogen-bond donors (Lipinski definition) is 1. The van der Waals surface area contributed by atoms with Gasteiger partial charge in [-0.25, -0.2) is 0 Å². The number of nitrogens with zero attached hydrogens (tertiary/aromatic N) is 2. The highest BCUT2D eigenvalue weighted by atomic mass is 32.2. The van der Waals surface area contributed by atoms with Gasteiger partial charge in [0.05, 0.1) is 36.2 Å². The minimum atomic E-state index is 0.443. The van der Waals surface area contributed by atoms with Gasteiger partial charge in [0.1, 0.15) is 11.8 Å². The first kappa shape index (κ1) is 23.3. The minimum absolute atomic E-state index is 0.443. The van der Waals surface area contributed by atoms with Crippen LogP contribution >= 0.6 is 11.8 Å². The van der Waals surface area contributed by atoms with Crippen LogP contribution in [0, 0.1) is 11.3 Å². The number of benzene rings is 2. The molecule has 1 aromatic heterocycles. The van der Waals surface area contributed by atoms with Crippen LogP contribution in [0.2, 0.25) is 0 Å². The Morgan fingerprint density at radius 3 is 2.66 bits per heavy atom. The van der Waals surface area contributed by atoms with E-state index in [0.29, 0.717) is 29.4 Å². The number of ether oxygens (including phenoxy) is 3. The molecule has 0 fully saturated rings. The summed E-state index contributed by atoms with van der Waals surface area (Å²) in [6, 6.07) is 13.5. The first-order valence-electron chi connectivity index (χ1n) is 10.3. The molecule has 0 saturated carbocycles. The number of nitrogens with one attached hydrogen (secondary N) is 1. The number of thioether (sulfide) groups is 1. The third-order valence-corrected chi connectivity index (χ3v) is 5.53. The van der Waals surface area contributed by atoms with Crippen LogP contribution in [0.1, 0.15) is 25.8 Å². The number of rotatable bonds is 10. The van der Waals surface area contributed by atoms with E-state index in [1.165, 1.54) is 0 Å². The number of methoxy groups -OCH3 is 1. The topological polar surface area (TPSA) is 76.4 Å². The maximum atomic E-state index is 9.66. The molecule has 0 amide bonds. The molecule has 32 heavy (non-hydrogen) atoms. The van der Waals surface area contributed by atoms with Crippen LogP contribution in [0.4, 0.5) is 11.4 Å². The molecule has 1 N–H and O–H groups in total. The van der Waals surface area contributed by atoms with Crippen molar-refractivity contribution in [3.8, 4) is 23.3 Å². The van der Waals surface area contributed by atoms with Gasteiger partial charge in [0.15, 0.2) is 11.5 Å². The summed E-state index contributed by atoms with van der Waals surface area (Å²) in [7, 11) is 1.61. The van der Waals surface area contributed by atoms with E-state index >= 15 is 0 Å². The van der Waals surface area contributed by atoms with Gasteiger partial charge in [0, 0.05) is 23.3 Å². The summed E-state index contributed by atoms with van der Waals surface area (Å²) < 4.78 is 17.2. The number of allylic oxidation sites excluding steroid dienone is 2. The lowest BCUT2D eigenvalue weighted by molar-refractivity contribution is 0.296. The Bertz CT molecular complexity index is 1140. The van der Waals surface area contributed by atoms with Crippen molar-refractivity contribution in [3.63, 3.8) is 0 Å². The van der Waals surface area contributed by atoms with Gasteiger partial charge in [-0.15, -0.1) is 0 Å². The molecule has 0 saturated heterocycles. The van der Waals surface area contributed by atoms with E-state index in [1.54, 1.807) is 25.1 Å². The molecular formula is C25H27N3O3S. The molecule has 0 spiro atoms. The van der Waals surface area contributed by atoms with Crippen molar-refractivity contribution >= 4 is 34.0 Å². The molecule has 7 heteroatoms. The molecule has 0 bridgehead atoms. The largest absolute Gasteiger partial charge is 0.493 e. The van der Waals surface area contributed by atoms with Gasteiger partial charge in [-0.1, -0.05) is 0 Å². The maximum absolute atomic E-state index is 9.66. The molecule has 0 radical (unpaired) electrons. The van der Waals surface area contributed by atoms with Gasteiger partial charge < -0.3 is 19.5 Å². The standard InChI is InChI=1S/C25H27N3O3S/c1-5-17(2)31-20-9-7-19(8-10-20)28-25-18(15-26)16-27-22-14-24(30-11-6-12-32-4)23(29-3)13-21(22)25/h5,7-10,13-14,16H,6,11-12H2,1-4H3,(H,27,28)/b17-5+. The monoisotopic (exact) mass is 449 g/mol. The van der Waals surface area contributed by atoms with Crippen molar-refractivity contribution in [1.82, 2.24) is 4.98 Å². The highest BCUT2D eigenvalue weighted by Gasteiger charge is 2.14. The zero-order valence-electron chi connectivity index (χ0n) is 18.8. The van der Waals surface area contributed by atoms with Crippen LogP contribution in [0.3, 0.4) is 0 Å². The van der Waals surface area contributed by atoms with Crippen LogP contribution in [0.15, 0.2) is 54.4 Å². The van der Waals surface area contributed by atoms with E-state index in [4.69, 9.17) is 14.2 Å². The average Bonchev–Trinajstić information content (AvgIpc) is 2.82. The average molecular weight is 450 g/mol. The van der Waals surface area contributed by atoms with Gasteiger partial charge >= 0.3 is 0 Å². The number of aromatic nitrogens is 1. The fraction of sp³-hybridized carbons (Fsp3) is 0.280. The van der Waals surface area contributed by atoms with Crippen molar-refractivity contribution in [2.75, 3.05) is 31.0 Å². The van der Waals surface area contributed by atoms with E-state index in [1.807, 2.05) is 56.3 Å². The Labute approximate surface area is 193 Å². The molecule has 0 atom stereocenters. The maximum Gasteiger partial charge on any atom is 0.163 e. The van der Waals surface area contributed by atoms with Gasteiger partial charge in [-0.3, -0.25) is 4.98 Å². The third kappa shape index (κ3) is 5.65. The normalized spacial score (nSPS) is 11.2. The molecule has 6 nitrogen and oxygen atoms in total. The summed E-state index contributed by atoms with van der Waals surface area (Å²) in [5.41, 5.74) is 2.66. The molecule has 0 aliphatic rings. The Morgan fingerprint density at radius 1 is 1.22 bits per heavy atom. The van der Waals surface area contributed by atoms with Crippen LogP contribution in [0.25, 0.3) is 10.9 Å². The predicted molar refractivity (Wildman–Crippen MR) is 131 cm³/mol. The van der Waals surface area contributed by atoms with E-state index < -0.39 is 0 Å². The number of fused-ring (bicyclic) bond motifs is 1. The molecule has 166 valence electrons. The summed E-state index contributed by atoms with van der Waals surface area (Å²) in [6.45, 7) is 4.44. The smallest absolute Gasteiger partial charge is 0.163 e. The van der Waals surface area contributed by atoms with Gasteiger partial charge in [-0.05, 0) is 68.7 Å². The van der Waals surface area contributed by atoms with E-state index in [0.717, 1.165) is 40.3 Å². The van der Waals surface area contributed by atoms with Crippen LogP contribution in [-0.2, 0) is 0 Å². The number of pyridine rings is 1. The summed E-state index contributed by atoms with van der Waals surface area (Å²) in [6.07, 6.45) is 6.50. The SMILES string of the molecule is C/C=C(\C)Oc1ccc(Nc2c(C#N)cnc3cc(OCCCSC)c(OC)cc23)cc1. The first-order chi connectivity index (χ1) is 15.6. The van der Waals surface area contributed by atoms with Crippen molar-refractivity contribution < 1.29 is 14.2 Å². The Hall–Kier alpha value is -3.37. The molecule has 3 aromatic rings. The van der Waals surface area contributed by atoms with Crippen molar-refractivity contribution in [3.05, 3.63) is 60.0 Å². The number of anilines is 2. The van der Waals surface area contributed by atoms with Crippen LogP contribution < -0.4 is 19.5 Å². The molecule has 3 rings (SSSR count). The lowest BCUT2D eigenvalue weighted by atomic mass is 10.1. The van der Waals surface area contributed by atoms with Crippen LogP contribution in [-0.4, -0.2) is 30.7 Å². The van der Waals surface area contributed by atoms with Crippen LogP contribution in [0.5, 0.6) is 17.2 Å². The number of nitriles is 1. The molecule has 0 unspecified atom stereocenters. The third-order valence-electron chi connectivity index (χ3n) is 4.83. The second kappa shape index (κ2) is 11.3. The Balaban J connectivity index is 1.94.